The lowest BCUT2D eigenvalue weighted by Gasteiger charge is -1.98. The molecule has 0 aliphatic rings. The van der Waals surface area contributed by atoms with Crippen LogP contribution in [0.4, 0.5) is 0 Å². The van der Waals surface area contributed by atoms with Crippen molar-refractivity contribution in [1.29, 1.82) is 0 Å². The van der Waals surface area contributed by atoms with E-state index in [1.165, 1.54) is 0 Å². The average molecular weight is 154 g/mol. The van der Waals surface area contributed by atoms with Crippen molar-refractivity contribution in [2.45, 2.75) is 6.04 Å². The molecule has 0 atom stereocenters. The van der Waals surface area contributed by atoms with Crippen LogP contribution in [0.25, 0.3) is 0 Å². The van der Waals surface area contributed by atoms with Crippen LogP contribution in [0, 0.1) is 0 Å². The first-order valence-corrected chi connectivity index (χ1v) is 4.85. The van der Waals surface area contributed by atoms with Crippen molar-refractivity contribution in [3.63, 3.8) is 0 Å². The first-order valence-electron chi connectivity index (χ1n) is 3.22. The van der Waals surface area contributed by atoms with E-state index >= 15 is 0 Å². The zero-order chi connectivity index (χ0) is 7.40. The second-order valence-electron chi connectivity index (χ2n) is 2.10. The molecule has 1 aromatic rings. The SMILES string of the molecule is O[SiH2]Cc1ccccc1O. The first kappa shape index (κ1) is 7.31. The molecule has 0 unspecified atom stereocenters. The van der Waals surface area contributed by atoms with Crippen molar-refractivity contribution < 1.29 is 9.90 Å². The second-order valence-corrected chi connectivity index (χ2v) is 3.05. The molecule has 0 aliphatic carbocycles. The fourth-order valence-corrected chi connectivity index (χ4v) is 1.51. The van der Waals surface area contributed by atoms with Crippen molar-refractivity contribution in [1.82, 2.24) is 0 Å². The van der Waals surface area contributed by atoms with Crippen molar-refractivity contribution in [2.24, 2.45) is 0 Å². The molecule has 1 rings (SSSR count). The molecular weight excluding hydrogens is 144 g/mol. The van der Waals surface area contributed by atoms with Gasteiger partial charge in [0.25, 0.3) is 0 Å². The Hall–Kier alpha value is -0.803. The third-order valence-electron chi connectivity index (χ3n) is 1.37. The molecule has 0 heterocycles. The van der Waals surface area contributed by atoms with E-state index in [-0.39, 0.29) is 0 Å². The van der Waals surface area contributed by atoms with Gasteiger partial charge in [0.05, 0.1) is 0 Å². The molecule has 3 heteroatoms. The van der Waals surface area contributed by atoms with Crippen LogP contribution in [-0.4, -0.2) is 19.7 Å². The van der Waals surface area contributed by atoms with E-state index in [1.54, 1.807) is 12.1 Å². The lowest BCUT2D eigenvalue weighted by molar-refractivity contribution is 0.469. The van der Waals surface area contributed by atoms with Gasteiger partial charge in [-0.3, -0.25) is 0 Å². The van der Waals surface area contributed by atoms with Gasteiger partial charge in [-0.25, -0.2) is 0 Å². The summed E-state index contributed by atoms with van der Waals surface area (Å²) in [7, 11) is -0.966. The third kappa shape index (κ3) is 1.59. The molecule has 0 saturated heterocycles. The predicted molar refractivity (Wildman–Crippen MR) is 42.6 cm³/mol. The fraction of sp³-hybridized carbons (Fsp3) is 0.143. The van der Waals surface area contributed by atoms with E-state index in [1.807, 2.05) is 12.1 Å². The van der Waals surface area contributed by atoms with Crippen molar-refractivity contribution in [3.05, 3.63) is 29.8 Å². The Morgan fingerprint density at radius 1 is 1.30 bits per heavy atom. The van der Waals surface area contributed by atoms with Gasteiger partial charge >= 0.3 is 0 Å². The van der Waals surface area contributed by atoms with E-state index in [9.17, 15) is 0 Å². The van der Waals surface area contributed by atoms with Crippen molar-refractivity contribution >= 4 is 9.76 Å². The molecule has 10 heavy (non-hydrogen) atoms. The minimum Gasteiger partial charge on any atom is -0.508 e. The van der Waals surface area contributed by atoms with Gasteiger partial charge in [0.1, 0.15) is 5.75 Å². The quantitative estimate of drug-likeness (QED) is 0.587. The molecule has 0 aliphatic heterocycles. The highest BCUT2D eigenvalue weighted by Gasteiger charge is 1.96. The number of hydrogen-bond donors (Lipinski definition) is 2. The molecule has 2 nitrogen and oxygen atoms in total. The lowest BCUT2D eigenvalue weighted by atomic mass is 10.2. The van der Waals surface area contributed by atoms with Crippen LogP contribution < -0.4 is 0 Å². The maximum atomic E-state index is 9.15. The molecule has 0 spiro atoms. The van der Waals surface area contributed by atoms with E-state index in [0.29, 0.717) is 11.8 Å². The minimum atomic E-state index is -0.966. The van der Waals surface area contributed by atoms with Crippen LogP contribution in [0.2, 0.25) is 0 Å². The van der Waals surface area contributed by atoms with Gasteiger partial charge in [0.15, 0.2) is 9.76 Å². The number of benzene rings is 1. The monoisotopic (exact) mass is 154 g/mol. The van der Waals surface area contributed by atoms with Crippen molar-refractivity contribution in [3.8, 4) is 5.75 Å². The summed E-state index contributed by atoms with van der Waals surface area (Å²) in [4.78, 5) is 8.67. The highest BCUT2D eigenvalue weighted by atomic mass is 28.2. The van der Waals surface area contributed by atoms with Crippen molar-refractivity contribution in [2.75, 3.05) is 0 Å². The Morgan fingerprint density at radius 3 is 2.60 bits per heavy atom. The summed E-state index contributed by atoms with van der Waals surface area (Å²) >= 11 is 0. The molecule has 1 aromatic carbocycles. The highest BCUT2D eigenvalue weighted by Crippen LogP contribution is 2.14. The Kier molecular flexibility index (Phi) is 2.47. The molecule has 2 N–H and O–H groups in total. The number of para-hydroxylation sites is 1. The summed E-state index contributed by atoms with van der Waals surface area (Å²) < 4.78 is 0. The fourth-order valence-electron chi connectivity index (χ4n) is 0.843. The van der Waals surface area contributed by atoms with E-state index in [2.05, 4.69) is 0 Å². The third-order valence-corrected chi connectivity index (χ3v) is 2.14. The predicted octanol–water partition coefficient (Wildman–Crippen LogP) is -0.0317. The van der Waals surface area contributed by atoms with Gasteiger partial charge in [-0.2, -0.15) is 0 Å². The summed E-state index contributed by atoms with van der Waals surface area (Å²) in [6, 6.07) is 7.77. The number of phenols is 1. The standard InChI is InChI=1S/C7H10O2Si/c8-7-4-2-1-3-6(7)5-10-9/h1-4,8-9H,5,10H2. The maximum Gasteiger partial charge on any atom is 0.161 e. The minimum absolute atomic E-state index is 0.295. The number of rotatable bonds is 2. The summed E-state index contributed by atoms with van der Waals surface area (Å²) in [5.74, 6) is 0.295. The number of hydrogen-bond acceptors (Lipinski definition) is 2. The summed E-state index contributed by atoms with van der Waals surface area (Å²) in [5, 5.41) is 9.15. The first-order chi connectivity index (χ1) is 4.84. The topological polar surface area (TPSA) is 40.5 Å². The van der Waals surface area contributed by atoms with Gasteiger partial charge in [-0.05, 0) is 17.7 Å². The highest BCUT2D eigenvalue weighted by molar-refractivity contribution is 6.24. The number of aromatic hydroxyl groups is 1. The van der Waals surface area contributed by atoms with E-state index in [0.717, 1.165) is 5.56 Å². The Bertz CT molecular complexity index is 213. The van der Waals surface area contributed by atoms with Crippen LogP contribution in [0.3, 0.4) is 0 Å². The molecule has 0 aromatic heterocycles. The van der Waals surface area contributed by atoms with Gasteiger partial charge in [-0.15, -0.1) is 0 Å². The Balaban J connectivity index is 2.81. The molecule has 0 fully saturated rings. The van der Waals surface area contributed by atoms with Crippen LogP contribution in [0.5, 0.6) is 5.75 Å². The molecule has 0 amide bonds. The van der Waals surface area contributed by atoms with Gasteiger partial charge < -0.3 is 9.90 Å². The van der Waals surface area contributed by atoms with Crippen LogP contribution >= 0.6 is 0 Å². The zero-order valence-corrected chi connectivity index (χ0v) is 7.03. The van der Waals surface area contributed by atoms with Crippen LogP contribution in [0.1, 0.15) is 5.56 Å². The molecule has 0 bridgehead atoms. The average Bonchev–Trinajstić information content (AvgIpc) is 1.94. The summed E-state index contributed by atoms with van der Waals surface area (Å²) in [6.45, 7) is 0. The largest absolute Gasteiger partial charge is 0.508 e. The van der Waals surface area contributed by atoms with Crippen LogP contribution in [-0.2, 0) is 6.04 Å². The Labute approximate surface area is 62.1 Å². The second kappa shape index (κ2) is 3.39. The zero-order valence-electron chi connectivity index (χ0n) is 5.62. The normalized spacial score (nSPS) is 10.9. The molecule has 0 radical (unpaired) electrons. The van der Waals surface area contributed by atoms with E-state index in [4.69, 9.17) is 9.90 Å². The van der Waals surface area contributed by atoms with Gasteiger partial charge in [-0.1, -0.05) is 18.2 Å². The molecule has 0 saturated carbocycles. The summed E-state index contributed by atoms with van der Waals surface area (Å²) in [5.41, 5.74) is 0.858. The molecular formula is C7H10O2Si. The maximum absolute atomic E-state index is 9.15. The van der Waals surface area contributed by atoms with E-state index < -0.39 is 9.76 Å². The lowest BCUT2D eigenvalue weighted by Crippen LogP contribution is -1.94. The summed E-state index contributed by atoms with van der Waals surface area (Å²) in [6.07, 6.45) is 0. The smallest absolute Gasteiger partial charge is 0.161 e. The van der Waals surface area contributed by atoms with Gasteiger partial charge in [0.2, 0.25) is 0 Å². The molecule has 54 valence electrons. The Morgan fingerprint density at radius 2 is 2.00 bits per heavy atom. The van der Waals surface area contributed by atoms with Gasteiger partial charge in [0, 0.05) is 0 Å². The number of phenolic OH excluding ortho intramolecular Hbond substituents is 1. The van der Waals surface area contributed by atoms with Crippen LogP contribution in [0.15, 0.2) is 24.3 Å².